The van der Waals surface area contributed by atoms with Crippen molar-refractivity contribution in [1.82, 2.24) is 10.6 Å². The van der Waals surface area contributed by atoms with Crippen molar-refractivity contribution in [2.45, 2.75) is 37.8 Å². The summed E-state index contributed by atoms with van der Waals surface area (Å²) in [5, 5.41) is 13.2. The molecule has 2 amide bonds. The first kappa shape index (κ1) is 22.2. The van der Waals surface area contributed by atoms with Gasteiger partial charge in [0.15, 0.2) is 0 Å². The molecule has 164 valence electrons. The number of halogens is 2. The SMILES string of the molecule is C[C@H](NC(=O)OCC1c2ccccc2-c2ccccc21)C(=O)NC(CC(F)F)C(=O)O. The van der Waals surface area contributed by atoms with Crippen molar-refractivity contribution < 1.29 is 33.0 Å². The lowest BCUT2D eigenvalue weighted by atomic mass is 9.98. The van der Waals surface area contributed by atoms with E-state index in [1.54, 1.807) is 0 Å². The van der Waals surface area contributed by atoms with Gasteiger partial charge in [0.05, 0.1) is 0 Å². The fourth-order valence-corrected chi connectivity index (χ4v) is 3.58. The third-order valence-corrected chi connectivity index (χ3v) is 5.10. The number of aliphatic carboxylic acids is 1. The van der Waals surface area contributed by atoms with Gasteiger partial charge in [-0.2, -0.15) is 0 Å². The van der Waals surface area contributed by atoms with Gasteiger partial charge >= 0.3 is 12.1 Å². The Morgan fingerprint density at radius 3 is 2.06 bits per heavy atom. The van der Waals surface area contributed by atoms with Gasteiger partial charge < -0.3 is 20.5 Å². The maximum atomic E-state index is 12.5. The number of ether oxygens (including phenoxy) is 1. The number of alkyl carbamates (subject to hydrolysis) is 1. The van der Waals surface area contributed by atoms with Crippen LogP contribution in [0.4, 0.5) is 13.6 Å². The van der Waals surface area contributed by atoms with Crippen LogP contribution in [0.2, 0.25) is 0 Å². The maximum absolute atomic E-state index is 12.5. The van der Waals surface area contributed by atoms with Crippen LogP contribution in [0, 0.1) is 0 Å². The van der Waals surface area contributed by atoms with Crippen LogP contribution in [0.25, 0.3) is 11.1 Å². The lowest BCUT2D eigenvalue weighted by Crippen LogP contribution is -2.51. The predicted molar refractivity (Wildman–Crippen MR) is 108 cm³/mol. The molecule has 3 N–H and O–H groups in total. The van der Waals surface area contributed by atoms with Crippen LogP contribution in [0.1, 0.15) is 30.4 Å². The van der Waals surface area contributed by atoms with Crippen LogP contribution in [0.3, 0.4) is 0 Å². The van der Waals surface area contributed by atoms with Crippen molar-refractivity contribution in [2.24, 2.45) is 0 Å². The Morgan fingerprint density at radius 1 is 1.00 bits per heavy atom. The highest BCUT2D eigenvalue weighted by molar-refractivity contribution is 5.89. The second-order valence-corrected chi connectivity index (χ2v) is 7.22. The molecule has 0 heterocycles. The van der Waals surface area contributed by atoms with E-state index in [1.807, 2.05) is 53.8 Å². The highest BCUT2D eigenvalue weighted by Gasteiger charge is 2.30. The molecule has 0 saturated carbocycles. The van der Waals surface area contributed by atoms with Gasteiger partial charge in [-0.15, -0.1) is 0 Å². The lowest BCUT2D eigenvalue weighted by molar-refractivity contribution is -0.143. The van der Waals surface area contributed by atoms with E-state index in [-0.39, 0.29) is 12.5 Å². The van der Waals surface area contributed by atoms with Crippen molar-refractivity contribution >= 4 is 18.0 Å². The van der Waals surface area contributed by atoms with E-state index in [2.05, 4.69) is 5.32 Å². The molecule has 7 nitrogen and oxygen atoms in total. The van der Waals surface area contributed by atoms with Crippen molar-refractivity contribution in [3.8, 4) is 11.1 Å². The molecule has 0 fully saturated rings. The molecule has 1 aliphatic carbocycles. The molecule has 1 unspecified atom stereocenters. The fraction of sp³-hybridized carbons (Fsp3) is 0.318. The molecule has 9 heteroatoms. The third-order valence-electron chi connectivity index (χ3n) is 5.10. The summed E-state index contributed by atoms with van der Waals surface area (Å²) in [4.78, 5) is 35.3. The number of carbonyl (C=O) groups is 3. The van der Waals surface area contributed by atoms with Crippen LogP contribution < -0.4 is 10.6 Å². The van der Waals surface area contributed by atoms with Crippen LogP contribution >= 0.6 is 0 Å². The molecule has 2 atom stereocenters. The van der Waals surface area contributed by atoms with Crippen LogP contribution in [0.5, 0.6) is 0 Å². The minimum absolute atomic E-state index is 0.0390. The molecule has 0 bridgehead atoms. The molecule has 0 aliphatic heterocycles. The molecular weight excluding hydrogens is 410 g/mol. The summed E-state index contributed by atoms with van der Waals surface area (Å²) in [5.74, 6) is -2.65. The molecule has 0 aromatic heterocycles. The van der Waals surface area contributed by atoms with E-state index in [4.69, 9.17) is 9.84 Å². The van der Waals surface area contributed by atoms with Gasteiger partial charge in [-0.1, -0.05) is 48.5 Å². The minimum Gasteiger partial charge on any atom is -0.480 e. The molecular formula is C22H22F2N2O5. The second-order valence-electron chi connectivity index (χ2n) is 7.22. The van der Waals surface area contributed by atoms with Gasteiger partial charge in [0.25, 0.3) is 0 Å². The van der Waals surface area contributed by atoms with E-state index in [1.165, 1.54) is 6.92 Å². The summed E-state index contributed by atoms with van der Waals surface area (Å²) in [6.07, 6.45) is -4.80. The molecule has 0 radical (unpaired) electrons. The summed E-state index contributed by atoms with van der Waals surface area (Å²) < 4.78 is 30.2. The fourth-order valence-electron chi connectivity index (χ4n) is 3.58. The topological polar surface area (TPSA) is 105 Å². The molecule has 31 heavy (non-hydrogen) atoms. The molecule has 2 aromatic carbocycles. The molecule has 1 aliphatic rings. The van der Waals surface area contributed by atoms with E-state index in [9.17, 15) is 23.2 Å². The standard InChI is InChI=1S/C22H22F2N2O5/c1-12(20(27)26-18(21(28)29)10-19(23)24)25-22(30)31-11-17-15-8-4-2-6-13(15)14-7-3-5-9-16(14)17/h2-9,12,17-19H,10-11H2,1H3,(H,25,30)(H,26,27)(H,28,29)/t12-,18?/m0/s1. The van der Waals surface area contributed by atoms with Crippen molar-refractivity contribution in [2.75, 3.05) is 6.61 Å². The van der Waals surface area contributed by atoms with Crippen LogP contribution in [-0.4, -0.2) is 48.2 Å². The molecule has 0 spiro atoms. The number of carboxylic acid groups (broad SMARTS) is 1. The van der Waals surface area contributed by atoms with Crippen molar-refractivity contribution in [3.05, 3.63) is 59.7 Å². The number of nitrogens with one attached hydrogen (secondary N) is 2. The average Bonchev–Trinajstić information content (AvgIpc) is 3.05. The number of alkyl halides is 2. The van der Waals surface area contributed by atoms with E-state index in [0.29, 0.717) is 0 Å². The monoisotopic (exact) mass is 432 g/mol. The highest BCUT2D eigenvalue weighted by atomic mass is 19.3. The van der Waals surface area contributed by atoms with Gasteiger partial charge in [0.1, 0.15) is 18.7 Å². The molecule has 2 aromatic rings. The van der Waals surface area contributed by atoms with E-state index < -0.39 is 42.9 Å². The second kappa shape index (κ2) is 9.55. The number of amides is 2. The first-order chi connectivity index (χ1) is 14.8. The summed E-state index contributed by atoms with van der Waals surface area (Å²) in [7, 11) is 0. The number of carbonyl (C=O) groups excluding carboxylic acids is 2. The van der Waals surface area contributed by atoms with Crippen molar-refractivity contribution in [3.63, 3.8) is 0 Å². The summed E-state index contributed by atoms with van der Waals surface area (Å²) in [6.45, 7) is 1.34. The van der Waals surface area contributed by atoms with Crippen LogP contribution in [0.15, 0.2) is 48.5 Å². The number of benzene rings is 2. The number of hydrogen-bond acceptors (Lipinski definition) is 4. The highest BCUT2D eigenvalue weighted by Crippen LogP contribution is 2.44. The summed E-state index contributed by atoms with van der Waals surface area (Å²) >= 11 is 0. The number of fused-ring (bicyclic) bond motifs is 3. The Labute approximate surface area is 177 Å². The average molecular weight is 432 g/mol. The minimum atomic E-state index is -2.90. The van der Waals surface area contributed by atoms with E-state index >= 15 is 0 Å². The Bertz CT molecular complexity index is 936. The van der Waals surface area contributed by atoms with Gasteiger partial charge in [0.2, 0.25) is 12.3 Å². The zero-order valence-electron chi connectivity index (χ0n) is 16.7. The third kappa shape index (κ3) is 5.17. The summed E-state index contributed by atoms with van der Waals surface area (Å²) in [6, 6.07) is 12.7. The lowest BCUT2D eigenvalue weighted by Gasteiger charge is -2.19. The number of hydrogen-bond donors (Lipinski definition) is 3. The zero-order chi connectivity index (χ0) is 22.5. The van der Waals surface area contributed by atoms with Gasteiger partial charge in [0, 0.05) is 12.3 Å². The Hall–Kier alpha value is -3.49. The quantitative estimate of drug-likeness (QED) is 0.595. The van der Waals surface area contributed by atoms with Crippen LogP contribution in [-0.2, 0) is 14.3 Å². The first-order valence-electron chi connectivity index (χ1n) is 9.70. The Kier molecular flexibility index (Phi) is 6.84. The summed E-state index contributed by atoms with van der Waals surface area (Å²) in [5.41, 5.74) is 4.19. The van der Waals surface area contributed by atoms with Gasteiger partial charge in [-0.25, -0.2) is 18.4 Å². The molecule has 0 saturated heterocycles. The molecule has 3 rings (SSSR count). The Morgan fingerprint density at radius 2 is 1.55 bits per heavy atom. The normalized spacial score (nSPS) is 14.3. The van der Waals surface area contributed by atoms with Crippen molar-refractivity contribution in [1.29, 1.82) is 0 Å². The zero-order valence-corrected chi connectivity index (χ0v) is 16.7. The van der Waals surface area contributed by atoms with Gasteiger partial charge in [-0.3, -0.25) is 4.79 Å². The predicted octanol–water partition coefficient (Wildman–Crippen LogP) is 3.14. The Balaban J connectivity index is 1.58. The maximum Gasteiger partial charge on any atom is 0.407 e. The van der Waals surface area contributed by atoms with E-state index in [0.717, 1.165) is 22.3 Å². The van der Waals surface area contributed by atoms with Gasteiger partial charge in [-0.05, 0) is 29.2 Å². The smallest absolute Gasteiger partial charge is 0.407 e. The number of rotatable bonds is 8. The number of carboxylic acids is 1. The first-order valence-corrected chi connectivity index (χ1v) is 9.70. The largest absolute Gasteiger partial charge is 0.480 e.